The molecule has 0 unspecified atom stereocenters. The molecule has 0 N–H and O–H groups in total. The fourth-order valence-electron chi connectivity index (χ4n) is 3.28. The number of allylic oxidation sites excluding steroid dienone is 2. The van der Waals surface area contributed by atoms with Crippen LogP contribution in [0.3, 0.4) is 0 Å². The molecule has 2 aliphatic rings. The summed E-state index contributed by atoms with van der Waals surface area (Å²) >= 11 is 0. The number of esters is 1. The van der Waals surface area contributed by atoms with Crippen molar-refractivity contribution >= 4 is 5.97 Å². The van der Waals surface area contributed by atoms with Crippen molar-refractivity contribution in [3.05, 3.63) is 23.8 Å². The smallest absolute Gasteiger partial charge is 0.333 e. The van der Waals surface area contributed by atoms with Gasteiger partial charge in [-0.15, -0.1) is 0 Å². The maximum absolute atomic E-state index is 11.6. The van der Waals surface area contributed by atoms with Crippen molar-refractivity contribution in [1.82, 2.24) is 0 Å². The van der Waals surface area contributed by atoms with Crippen molar-refractivity contribution in [2.75, 3.05) is 7.11 Å². The van der Waals surface area contributed by atoms with Crippen LogP contribution in [0, 0.1) is 11.3 Å². The van der Waals surface area contributed by atoms with Crippen molar-refractivity contribution in [2.45, 2.75) is 39.0 Å². The number of ether oxygens (including phenoxy) is 1. The van der Waals surface area contributed by atoms with Crippen molar-refractivity contribution in [3.63, 3.8) is 0 Å². The predicted molar refractivity (Wildman–Crippen MR) is 63.9 cm³/mol. The van der Waals surface area contributed by atoms with Gasteiger partial charge < -0.3 is 4.74 Å². The lowest BCUT2D eigenvalue weighted by molar-refractivity contribution is -0.136. The van der Waals surface area contributed by atoms with Crippen molar-refractivity contribution < 1.29 is 9.53 Å². The average molecular weight is 220 g/mol. The summed E-state index contributed by atoms with van der Waals surface area (Å²) in [6, 6.07) is 0. The molecule has 0 spiro atoms. The highest BCUT2D eigenvalue weighted by Gasteiger charge is 2.40. The van der Waals surface area contributed by atoms with Gasteiger partial charge in [-0.25, -0.2) is 4.79 Å². The average Bonchev–Trinajstić information content (AvgIpc) is 2.27. The summed E-state index contributed by atoms with van der Waals surface area (Å²) in [6.07, 6.45) is 7.55. The number of rotatable bonds is 1. The molecule has 0 aliphatic heterocycles. The number of carbonyl (C=O) groups is 1. The van der Waals surface area contributed by atoms with Crippen LogP contribution in [0.5, 0.6) is 0 Å². The first-order valence-electron chi connectivity index (χ1n) is 6.04. The van der Waals surface area contributed by atoms with E-state index in [9.17, 15) is 4.79 Å². The van der Waals surface area contributed by atoms with E-state index in [2.05, 4.69) is 19.6 Å². The molecule has 2 aliphatic carbocycles. The normalized spacial score (nSPS) is 34.0. The van der Waals surface area contributed by atoms with Gasteiger partial charge in [-0.05, 0) is 43.4 Å². The van der Waals surface area contributed by atoms with Gasteiger partial charge in [0.1, 0.15) is 0 Å². The van der Waals surface area contributed by atoms with Crippen LogP contribution in [0.1, 0.15) is 39.0 Å². The molecule has 0 aromatic rings. The summed E-state index contributed by atoms with van der Waals surface area (Å²) in [7, 11) is 1.46. The number of fused-ring (bicyclic) bond motifs is 1. The Balaban J connectivity index is 2.28. The van der Waals surface area contributed by atoms with Crippen LogP contribution in [-0.4, -0.2) is 13.1 Å². The number of hydrogen-bond acceptors (Lipinski definition) is 2. The lowest BCUT2D eigenvalue weighted by atomic mass is 9.60. The van der Waals surface area contributed by atoms with Gasteiger partial charge in [0.05, 0.1) is 7.11 Å². The van der Waals surface area contributed by atoms with Crippen LogP contribution in [0.15, 0.2) is 23.8 Å². The van der Waals surface area contributed by atoms with E-state index in [1.165, 1.54) is 19.1 Å². The van der Waals surface area contributed by atoms with Gasteiger partial charge in [-0.3, -0.25) is 0 Å². The SMILES string of the molecule is C=C1CCC[C@]2(C)C=C(C(=O)OC)CC[C@@H]12. The molecule has 2 atom stereocenters. The molecule has 1 fully saturated rings. The highest BCUT2D eigenvalue weighted by Crippen LogP contribution is 2.50. The van der Waals surface area contributed by atoms with Gasteiger partial charge in [0, 0.05) is 5.57 Å². The lowest BCUT2D eigenvalue weighted by Crippen LogP contribution is -2.34. The Morgan fingerprint density at radius 2 is 2.31 bits per heavy atom. The van der Waals surface area contributed by atoms with E-state index in [0.29, 0.717) is 5.92 Å². The van der Waals surface area contributed by atoms with Gasteiger partial charge in [-0.1, -0.05) is 25.2 Å². The summed E-state index contributed by atoms with van der Waals surface area (Å²) in [5.41, 5.74) is 2.36. The zero-order chi connectivity index (χ0) is 11.8. The highest BCUT2D eigenvalue weighted by atomic mass is 16.5. The van der Waals surface area contributed by atoms with Crippen LogP contribution in [0.4, 0.5) is 0 Å². The molecular formula is C14H20O2. The Kier molecular flexibility index (Phi) is 2.92. The Bertz CT molecular complexity index is 354. The molecule has 16 heavy (non-hydrogen) atoms. The number of carbonyl (C=O) groups excluding carboxylic acids is 1. The van der Waals surface area contributed by atoms with Crippen LogP contribution in [0.2, 0.25) is 0 Å². The van der Waals surface area contributed by atoms with Crippen molar-refractivity contribution in [2.24, 2.45) is 11.3 Å². The molecule has 0 saturated heterocycles. The monoisotopic (exact) mass is 220 g/mol. The molecule has 2 nitrogen and oxygen atoms in total. The topological polar surface area (TPSA) is 26.3 Å². The first kappa shape index (κ1) is 11.4. The van der Waals surface area contributed by atoms with Gasteiger partial charge >= 0.3 is 5.97 Å². The summed E-state index contributed by atoms with van der Waals surface area (Å²) in [5.74, 6) is 0.408. The Labute approximate surface area is 97.4 Å². The lowest BCUT2D eigenvalue weighted by Gasteiger charge is -2.44. The third-order valence-corrected chi connectivity index (χ3v) is 4.16. The van der Waals surface area contributed by atoms with Crippen LogP contribution in [-0.2, 0) is 9.53 Å². The van der Waals surface area contributed by atoms with Gasteiger partial charge in [0.2, 0.25) is 0 Å². The van der Waals surface area contributed by atoms with Gasteiger partial charge in [0.25, 0.3) is 0 Å². The third kappa shape index (κ3) is 1.81. The number of methoxy groups -OCH3 is 1. The van der Waals surface area contributed by atoms with E-state index in [4.69, 9.17) is 4.74 Å². The molecule has 2 heteroatoms. The second-order valence-corrected chi connectivity index (χ2v) is 5.27. The van der Waals surface area contributed by atoms with Crippen LogP contribution in [0.25, 0.3) is 0 Å². The van der Waals surface area contributed by atoms with Crippen LogP contribution < -0.4 is 0 Å². The van der Waals surface area contributed by atoms with Crippen molar-refractivity contribution in [1.29, 1.82) is 0 Å². The summed E-state index contributed by atoms with van der Waals surface area (Å²) in [6.45, 7) is 6.44. The molecule has 0 amide bonds. The molecule has 0 radical (unpaired) electrons. The third-order valence-electron chi connectivity index (χ3n) is 4.16. The minimum Gasteiger partial charge on any atom is -0.466 e. The van der Waals surface area contributed by atoms with E-state index >= 15 is 0 Å². The fraction of sp³-hybridized carbons (Fsp3) is 0.643. The molecule has 88 valence electrons. The maximum Gasteiger partial charge on any atom is 0.333 e. The molecule has 0 heterocycles. The van der Waals surface area contributed by atoms with Gasteiger partial charge in [-0.2, -0.15) is 0 Å². The standard InChI is InChI=1S/C14H20O2/c1-10-5-4-8-14(2)9-11(13(15)16-3)6-7-12(10)14/h9,12H,1,4-8H2,2-3H3/t12-,14+/m0/s1. The number of hydrogen-bond donors (Lipinski definition) is 0. The van der Waals surface area contributed by atoms with Crippen LogP contribution >= 0.6 is 0 Å². The first-order chi connectivity index (χ1) is 7.57. The molecule has 0 aromatic carbocycles. The zero-order valence-electron chi connectivity index (χ0n) is 10.2. The summed E-state index contributed by atoms with van der Waals surface area (Å²) in [4.78, 5) is 11.6. The minimum atomic E-state index is -0.157. The second kappa shape index (κ2) is 4.08. The molecule has 0 aromatic heterocycles. The van der Waals surface area contributed by atoms with Crippen molar-refractivity contribution in [3.8, 4) is 0 Å². The summed E-state index contributed by atoms with van der Waals surface area (Å²) in [5, 5.41) is 0. The molecule has 1 saturated carbocycles. The van der Waals surface area contributed by atoms with Gasteiger partial charge in [0.15, 0.2) is 0 Å². The van der Waals surface area contributed by atoms with E-state index in [1.807, 2.05) is 0 Å². The second-order valence-electron chi connectivity index (χ2n) is 5.27. The quantitative estimate of drug-likeness (QED) is 0.501. The van der Waals surface area contributed by atoms with E-state index < -0.39 is 0 Å². The Morgan fingerprint density at radius 1 is 1.56 bits per heavy atom. The van der Waals surface area contributed by atoms with E-state index in [0.717, 1.165) is 31.3 Å². The first-order valence-corrected chi connectivity index (χ1v) is 6.04. The predicted octanol–water partition coefficient (Wildman–Crippen LogP) is 3.24. The largest absolute Gasteiger partial charge is 0.466 e. The highest BCUT2D eigenvalue weighted by molar-refractivity contribution is 5.88. The Morgan fingerprint density at radius 3 is 3.00 bits per heavy atom. The van der Waals surface area contributed by atoms with E-state index in [-0.39, 0.29) is 11.4 Å². The maximum atomic E-state index is 11.6. The minimum absolute atomic E-state index is 0.136. The Hall–Kier alpha value is -1.05. The molecule has 0 bridgehead atoms. The molecule has 2 rings (SSSR count). The van der Waals surface area contributed by atoms with E-state index in [1.54, 1.807) is 0 Å². The zero-order valence-corrected chi connectivity index (χ0v) is 10.2. The fourth-order valence-corrected chi connectivity index (χ4v) is 3.28. The summed E-state index contributed by atoms with van der Waals surface area (Å²) < 4.78 is 4.81. The molecular weight excluding hydrogens is 200 g/mol.